The average molecular weight is 228 g/mol. The number of rotatable bonds is 2. The van der Waals surface area contributed by atoms with Crippen molar-refractivity contribution in [2.24, 2.45) is 5.73 Å². The quantitative estimate of drug-likeness (QED) is 0.702. The molecular formula is C12H12N4O. The fourth-order valence-corrected chi connectivity index (χ4v) is 1.84. The summed E-state index contributed by atoms with van der Waals surface area (Å²) in [7, 11) is 0. The smallest absolute Gasteiger partial charge is 0.149 e. The topological polar surface area (TPSA) is 80.7 Å². The summed E-state index contributed by atoms with van der Waals surface area (Å²) in [6, 6.07) is 7.55. The van der Waals surface area contributed by atoms with E-state index in [9.17, 15) is 0 Å². The first-order chi connectivity index (χ1) is 8.24. The van der Waals surface area contributed by atoms with E-state index in [0.29, 0.717) is 11.6 Å². The number of H-pyrrole nitrogens is 1. The van der Waals surface area contributed by atoms with Crippen LogP contribution < -0.4 is 5.73 Å². The van der Waals surface area contributed by atoms with Crippen LogP contribution in [0.4, 0.5) is 0 Å². The fourth-order valence-electron chi connectivity index (χ4n) is 1.84. The molecule has 2 aromatic heterocycles. The second-order valence-electron chi connectivity index (χ2n) is 4.04. The number of aromatic amines is 1. The van der Waals surface area contributed by atoms with Gasteiger partial charge in [0.15, 0.2) is 0 Å². The molecule has 0 spiro atoms. The van der Waals surface area contributed by atoms with Crippen molar-refractivity contribution in [2.45, 2.75) is 13.0 Å². The third kappa shape index (κ3) is 1.70. The summed E-state index contributed by atoms with van der Waals surface area (Å²) >= 11 is 0. The van der Waals surface area contributed by atoms with Crippen LogP contribution in [-0.4, -0.2) is 15.2 Å². The van der Waals surface area contributed by atoms with Crippen LogP contribution in [0, 0.1) is 6.92 Å². The molecule has 3 aromatic rings. The van der Waals surface area contributed by atoms with Crippen LogP contribution >= 0.6 is 0 Å². The largest absolute Gasteiger partial charge is 0.459 e. The van der Waals surface area contributed by atoms with Crippen LogP contribution in [0.15, 0.2) is 35.0 Å². The second-order valence-corrected chi connectivity index (χ2v) is 4.04. The molecule has 0 radical (unpaired) electrons. The summed E-state index contributed by atoms with van der Waals surface area (Å²) < 4.78 is 5.70. The monoisotopic (exact) mass is 228 g/mol. The van der Waals surface area contributed by atoms with Gasteiger partial charge in [0, 0.05) is 5.39 Å². The Bertz CT molecular complexity index is 642. The zero-order chi connectivity index (χ0) is 11.8. The highest BCUT2D eigenvalue weighted by molar-refractivity contribution is 5.78. The van der Waals surface area contributed by atoms with E-state index in [1.54, 1.807) is 0 Å². The van der Waals surface area contributed by atoms with Crippen molar-refractivity contribution in [2.75, 3.05) is 0 Å². The van der Waals surface area contributed by atoms with E-state index < -0.39 is 6.04 Å². The lowest BCUT2D eigenvalue weighted by Gasteiger charge is -2.02. The zero-order valence-electron chi connectivity index (χ0n) is 9.34. The summed E-state index contributed by atoms with van der Waals surface area (Å²) in [5, 5.41) is 7.57. The molecule has 0 aliphatic carbocycles. The maximum atomic E-state index is 6.04. The molecule has 3 rings (SSSR count). The molecule has 0 bridgehead atoms. The highest BCUT2D eigenvalue weighted by Gasteiger charge is 2.16. The van der Waals surface area contributed by atoms with Gasteiger partial charge >= 0.3 is 0 Å². The fraction of sp³-hybridized carbons (Fsp3) is 0.167. The van der Waals surface area contributed by atoms with Crippen molar-refractivity contribution in [3.8, 4) is 0 Å². The zero-order valence-corrected chi connectivity index (χ0v) is 9.34. The lowest BCUT2D eigenvalue weighted by molar-refractivity contribution is 0.516. The molecule has 3 N–H and O–H groups in total. The molecule has 0 saturated carbocycles. The number of nitrogens with one attached hydrogen (secondary N) is 1. The Morgan fingerprint density at radius 2 is 2.24 bits per heavy atom. The van der Waals surface area contributed by atoms with E-state index >= 15 is 0 Å². The minimum Gasteiger partial charge on any atom is -0.459 e. The minimum atomic E-state index is -0.412. The first kappa shape index (κ1) is 10.0. The van der Waals surface area contributed by atoms with Crippen LogP contribution in [0.5, 0.6) is 0 Å². The number of nitrogens with two attached hydrogens (primary N) is 1. The molecule has 0 aliphatic heterocycles. The SMILES string of the molecule is Cc1ccc2oc(C(N)c3ncn[nH]3)cc2c1. The number of fused-ring (bicyclic) bond motifs is 1. The Morgan fingerprint density at radius 3 is 3.00 bits per heavy atom. The molecule has 2 heterocycles. The number of hydrogen-bond donors (Lipinski definition) is 2. The Morgan fingerprint density at radius 1 is 1.35 bits per heavy atom. The van der Waals surface area contributed by atoms with Crippen LogP contribution in [0.25, 0.3) is 11.0 Å². The van der Waals surface area contributed by atoms with Gasteiger partial charge in [0.2, 0.25) is 0 Å². The molecular weight excluding hydrogens is 216 g/mol. The van der Waals surface area contributed by atoms with Gasteiger partial charge in [-0.1, -0.05) is 11.6 Å². The van der Waals surface area contributed by atoms with E-state index in [4.69, 9.17) is 10.2 Å². The van der Waals surface area contributed by atoms with Crippen molar-refractivity contribution >= 4 is 11.0 Å². The molecule has 0 fully saturated rings. The van der Waals surface area contributed by atoms with Crippen molar-refractivity contribution in [3.05, 3.63) is 47.7 Å². The average Bonchev–Trinajstić information content (AvgIpc) is 2.96. The molecule has 86 valence electrons. The normalized spacial score (nSPS) is 13.1. The second kappa shape index (κ2) is 3.71. The lowest BCUT2D eigenvalue weighted by Crippen LogP contribution is -2.12. The molecule has 17 heavy (non-hydrogen) atoms. The van der Waals surface area contributed by atoms with Crippen molar-refractivity contribution < 1.29 is 4.42 Å². The van der Waals surface area contributed by atoms with Crippen LogP contribution in [0.3, 0.4) is 0 Å². The van der Waals surface area contributed by atoms with Crippen molar-refractivity contribution in [1.82, 2.24) is 15.2 Å². The maximum Gasteiger partial charge on any atom is 0.149 e. The van der Waals surface area contributed by atoms with E-state index in [-0.39, 0.29) is 0 Å². The van der Waals surface area contributed by atoms with E-state index in [1.807, 2.05) is 25.1 Å². The third-order valence-corrected chi connectivity index (χ3v) is 2.73. The van der Waals surface area contributed by atoms with Crippen molar-refractivity contribution in [1.29, 1.82) is 0 Å². The number of nitrogens with zero attached hydrogens (tertiary/aromatic N) is 2. The molecule has 1 unspecified atom stereocenters. The van der Waals surface area contributed by atoms with Gasteiger partial charge in [-0.25, -0.2) is 4.98 Å². The first-order valence-electron chi connectivity index (χ1n) is 5.35. The maximum absolute atomic E-state index is 6.04. The minimum absolute atomic E-state index is 0.412. The van der Waals surface area contributed by atoms with Gasteiger partial charge in [-0.2, -0.15) is 5.10 Å². The van der Waals surface area contributed by atoms with Crippen LogP contribution in [0.1, 0.15) is 23.2 Å². The Labute approximate surface area is 97.7 Å². The van der Waals surface area contributed by atoms with Gasteiger partial charge in [-0.15, -0.1) is 0 Å². The highest BCUT2D eigenvalue weighted by atomic mass is 16.3. The Balaban J connectivity index is 2.06. The van der Waals surface area contributed by atoms with Crippen LogP contribution in [-0.2, 0) is 0 Å². The summed E-state index contributed by atoms with van der Waals surface area (Å²) in [5.41, 5.74) is 8.06. The molecule has 0 saturated heterocycles. The predicted octanol–water partition coefficient (Wildman–Crippen LogP) is 1.91. The summed E-state index contributed by atoms with van der Waals surface area (Å²) in [6.07, 6.45) is 1.43. The standard InChI is InChI=1S/C12H12N4O/c1-7-2-3-9-8(4-7)5-10(17-9)11(13)12-14-6-15-16-12/h2-6,11H,13H2,1H3,(H,14,15,16). The van der Waals surface area contributed by atoms with Gasteiger partial charge in [0.1, 0.15) is 29.5 Å². The number of aryl methyl sites for hydroxylation is 1. The highest BCUT2D eigenvalue weighted by Crippen LogP contribution is 2.25. The van der Waals surface area contributed by atoms with Gasteiger partial charge in [-0.05, 0) is 25.1 Å². The van der Waals surface area contributed by atoms with Gasteiger partial charge in [0.05, 0.1) is 0 Å². The molecule has 5 heteroatoms. The van der Waals surface area contributed by atoms with Gasteiger partial charge < -0.3 is 10.2 Å². The lowest BCUT2D eigenvalue weighted by atomic mass is 10.1. The first-order valence-corrected chi connectivity index (χ1v) is 5.35. The molecule has 0 aliphatic rings. The Kier molecular flexibility index (Phi) is 2.19. The number of furan rings is 1. The number of aromatic nitrogens is 3. The van der Waals surface area contributed by atoms with Crippen molar-refractivity contribution in [3.63, 3.8) is 0 Å². The Hall–Kier alpha value is -2.14. The summed E-state index contributed by atoms with van der Waals surface area (Å²) in [6.45, 7) is 2.04. The van der Waals surface area contributed by atoms with Crippen LogP contribution in [0.2, 0.25) is 0 Å². The summed E-state index contributed by atoms with van der Waals surface area (Å²) in [4.78, 5) is 4.03. The van der Waals surface area contributed by atoms with E-state index in [1.165, 1.54) is 11.9 Å². The number of hydrogen-bond acceptors (Lipinski definition) is 4. The number of benzene rings is 1. The molecule has 1 aromatic carbocycles. The van der Waals surface area contributed by atoms with E-state index in [2.05, 4.69) is 21.2 Å². The van der Waals surface area contributed by atoms with Gasteiger partial charge in [-0.3, -0.25) is 5.10 Å². The molecule has 1 atom stereocenters. The molecule has 0 amide bonds. The van der Waals surface area contributed by atoms with Gasteiger partial charge in [0.25, 0.3) is 0 Å². The van der Waals surface area contributed by atoms with E-state index in [0.717, 1.165) is 11.0 Å². The predicted molar refractivity (Wildman–Crippen MR) is 63.4 cm³/mol. The summed E-state index contributed by atoms with van der Waals surface area (Å²) in [5.74, 6) is 1.28. The molecule has 5 nitrogen and oxygen atoms in total. The third-order valence-electron chi connectivity index (χ3n) is 2.73.